The molecule has 0 unspecified atom stereocenters. The van der Waals surface area contributed by atoms with Crippen LogP contribution < -0.4 is 11.5 Å². The van der Waals surface area contributed by atoms with Gasteiger partial charge in [0.25, 0.3) is 0 Å². The molecule has 104 valence electrons. The lowest BCUT2D eigenvalue weighted by Crippen LogP contribution is -2.09. The highest BCUT2D eigenvalue weighted by Crippen LogP contribution is 2.25. The number of rotatable bonds is 2. The van der Waals surface area contributed by atoms with E-state index in [-0.39, 0.29) is 11.6 Å². The zero-order valence-electron chi connectivity index (χ0n) is 11.6. The van der Waals surface area contributed by atoms with Crippen LogP contribution in [0.1, 0.15) is 21.5 Å². The molecule has 0 bridgehead atoms. The topological polar surface area (TPSA) is 82.0 Å². The summed E-state index contributed by atoms with van der Waals surface area (Å²) in [5, 5.41) is 1.97. The first-order chi connectivity index (χ1) is 10.1. The van der Waals surface area contributed by atoms with Crippen molar-refractivity contribution < 1.29 is 4.79 Å². The molecule has 0 aliphatic heterocycles. The van der Waals surface area contributed by atoms with Crippen molar-refractivity contribution in [3.8, 4) is 0 Å². The quantitative estimate of drug-likeness (QED) is 0.557. The Hall–Kier alpha value is -2.88. The molecule has 0 saturated heterocycles. The van der Waals surface area contributed by atoms with Crippen LogP contribution in [-0.4, -0.2) is 10.8 Å². The molecule has 0 saturated carbocycles. The van der Waals surface area contributed by atoms with Gasteiger partial charge in [0.15, 0.2) is 5.78 Å². The summed E-state index contributed by atoms with van der Waals surface area (Å²) in [6.07, 6.45) is 1.63. The van der Waals surface area contributed by atoms with Crippen molar-refractivity contribution in [2.45, 2.75) is 6.92 Å². The molecule has 4 N–H and O–H groups in total. The third kappa shape index (κ3) is 2.31. The number of carbonyl (C=O) groups is 1. The predicted octanol–water partition coefficient (Wildman–Crippen LogP) is 2.94. The number of nitrogen functional groups attached to an aromatic ring is 2. The van der Waals surface area contributed by atoms with Crippen molar-refractivity contribution in [3.05, 3.63) is 65.4 Å². The number of carbonyl (C=O) groups excluding carboxylic acids is 1. The van der Waals surface area contributed by atoms with E-state index in [1.54, 1.807) is 18.3 Å². The summed E-state index contributed by atoms with van der Waals surface area (Å²) in [4.78, 5) is 16.7. The molecule has 0 spiro atoms. The number of aromatic nitrogens is 1. The smallest absolute Gasteiger partial charge is 0.198 e. The molecule has 3 aromatic rings. The van der Waals surface area contributed by atoms with E-state index in [0.717, 1.165) is 16.3 Å². The second-order valence-electron chi connectivity index (χ2n) is 5.06. The van der Waals surface area contributed by atoms with Crippen LogP contribution in [0.2, 0.25) is 0 Å². The maximum Gasteiger partial charge on any atom is 0.198 e. The van der Waals surface area contributed by atoms with E-state index in [1.165, 1.54) is 0 Å². The van der Waals surface area contributed by atoms with Crippen LogP contribution in [0.15, 0.2) is 48.7 Å². The van der Waals surface area contributed by atoms with E-state index in [0.29, 0.717) is 16.8 Å². The van der Waals surface area contributed by atoms with Crippen molar-refractivity contribution in [2.75, 3.05) is 11.5 Å². The summed E-state index contributed by atoms with van der Waals surface area (Å²) in [6.45, 7) is 1.87. The minimum absolute atomic E-state index is 0.202. The first-order valence-corrected chi connectivity index (χ1v) is 6.61. The Bertz CT molecular complexity index is 856. The SMILES string of the molecule is Cc1cnc(N)c(C(=O)c2cc3ccccc3cc2N)c1. The second-order valence-corrected chi connectivity index (χ2v) is 5.06. The van der Waals surface area contributed by atoms with Crippen LogP contribution in [0, 0.1) is 6.92 Å². The molecule has 1 heterocycles. The van der Waals surface area contributed by atoms with E-state index in [9.17, 15) is 4.79 Å². The van der Waals surface area contributed by atoms with Gasteiger partial charge < -0.3 is 11.5 Å². The fourth-order valence-corrected chi connectivity index (χ4v) is 2.36. The van der Waals surface area contributed by atoms with Gasteiger partial charge in [0.2, 0.25) is 0 Å². The molecule has 0 fully saturated rings. The third-order valence-electron chi connectivity index (χ3n) is 3.46. The highest BCUT2D eigenvalue weighted by molar-refractivity contribution is 6.16. The fraction of sp³-hybridized carbons (Fsp3) is 0.0588. The molecular formula is C17H15N3O. The standard InChI is InChI=1S/C17H15N3O/c1-10-6-14(17(19)20-9-10)16(21)13-7-11-4-2-3-5-12(11)8-15(13)18/h2-9H,18H2,1H3,(H2,19,20). The molecule has 2 aromatic carbocycles. The Morgan fingerprint density at radius 3 is 2.38 bits per heavy atom. The number of fused-ring (bicyclic) bond motifs is 1. The van der Waals surface area contributed by atoms with Crippen molar-refractivity contribution >= 4 is 28.1 Å². The number of nitrogens with zero attached hydrogens (tertiary/aromatic N) is 1. The number of anilines is 2. The molecule has 3 rings (SSSR count). The van der Waals surface area contributed by atoms with Gasteiger partial charge in [-0.25, -0.2) is 4.98 Å². The summed E-state index contributed by atoms with van der Waals surface area (Å²) >= 11 is 0. The molecule has 0 aliphatic carbocycles. The van der Waals surface area contributed by atoms with Crippen molar-refractivity contribution in [1.29, 1.82) is 0 Å². The average Bonchev–Trinajstić information content (AvgIpc) is 2.48. The van der Waals surface area contributed by atoms with Crippen molar-refractivity contribution in [2.24, 2.45) is 0 Å². The highest BCUT2D eigenvalue weighted by Gasteiger charge is 2.17. The fourth-order valence-electron chi connectivity index (χ4n) is 2.36. The van der Waals surface area contributed by atoms with Gasteiger partial charge in [-0.15, -0.1) is 0 Å². The van der Waals surface area contributed by atoms with Gasteiger partial charge >= 0.3 is 0 Å². The molecular weight excluding hydrogens is 262 g/mol. The van der Waals surface area contributed by atoms with Crippen molar-refractivity contribution in [1.82, 2.24) is 4.98 Å². The summed E-state index contributed by atoms with van der Waals surface area (Å²) < 4.78 is 0. The first kappa shape index (κ1) is 13.1. The van der Waals surface area contributed by atoms with E-state index in [1.807, 2.05) is 37.3 Å². The summed E-state index contributed by atoms with van der Waals surface area (Å²) in [6, 6.07) is 13.1. The van der Waals surface area contributed by atoms with E-state index >= 15 is 0 Å². The van der Waals surface area contributed by atoms with Crippen LogP contribution >= 0.6 is 0 Å². The molecule has 1 aromatic heterocycles. The maximum atomic E-state index is 12.7. The molecule has 4 heteroatoms. The van der Waals surface area contributed by atoms with Crippen LogP contribution in [0.25, 0.3) is 10.8 Å². The van der Waals surface area contributed by atoms with Crippen LogP contribution in [0.5, 0.6) is 0 Å². The summed E-state index contributed by atoms with van der Waals surface area (Å²) in [5.74, 6) is 0.0186. The lowest BCUT2D eigenvalue weighted by molar-refractivity contribution is 0.104. The number of hydrogen-bond donors (Lipinski definition) is 2. The zero-order chi connectivity index (χ0) is 15.0. The van der Waals surface area contributed by atoms with E-state index in [2.05, 4.69) is 4.98 Å². The minimum atomic E-state index is -0.202. The van der Waals surface area contributed by atoms with Crippen LogP contribution in [0.4, 0.5) is 11.5 Å². The Labute approximate surface area is 122 Å². The first-order valence-electron chi connectivity index (χ1n) is 6.61. The van der Waals surface area contributed by atoms with Gasteiger partial charge in [0, 0.05) is 17.4 Å². The Morgan fingerprint density at radius 2 is 1.67 bits per heavy atom. The van der Waals surface area contributed by atoms with Crippen molar-refractivity contribution in [3.63, 3.8) is 0 Å². The van der Waals surface area contributed by atoms with E-state index in [4.69, 9.17) is 11.5 Å². The minimum Gasteiger partial charge on any atom is -0.398 e. The summed E-state index contributed by atoms with van der Waals surface area (Å²) in [7, 11) is 0. The highest BCUT2D eigenvalue weighted by atomic mass is 16.1. The predicted molar refractivity (Wildman–Crippen MR) is 85.2 cm³/mol. The number of aryl methyl sites for hydroxylation is 1. The molecule has 21 heavy (non-hydrogen) atoms. The van der Waals surface area contributed by atoms with Gasteiger partial charge in [-0.2, -0.15) is 0 Å². The number of pyridine rings is 1. The molecule has 0 amide bonds. The Balaban J connectivity index is 2.17. The summed E-state index contributed by atoms with van der Waals surface area (Å²) in [5.41, 5.74) is 14.0. The van der Waals surface area contributed by atoms with Gasteiger partial charge in [-0.3, -0.25) is 4.79 Å². The van der Waals surface area contributed by atoms with Gasteiger partial charge in [-0.1, -0.05) is 24.3 Å². The van der Waals surface area contributed by atoms with Crippen LogP contribution in [-0.2, 0) is 0 Å². The second kappa shape index (κ2) is 4.90. The molecule has 0 aliphatic rings. The number of hydrogen-bond acceptors (Lipinski definition) is 4. The van der Waals surface area contributed by atoms with Gasteiger partial charge in [-0.05, 0) is 41.5 Å². The molecule has 0 atom stereocenters. The van der Waals surface area contributed by atoms with Gasteiger partial charge in [0.05, 0.1) is 5.56 Å². The monoisotopic (exact) mass is 277 g/mol. The number of nitrogens with two attached hydrogens (primary N) is 2. The zero-order valence-corrected chi connectivity index (χ0v) is 11.6. The van der Waals surface area contributed by atoms with E-state index < -0.39 is 0 Å². The molecule has 4 nitrogen and oxygen atoms in total. The lowest BCUT2D eigenvalue weighted by Gasteiger charge is -2.09. The largest absolute Gasteiger partial charge is 0.398 e. The van der Waals surface area contributed by atoms with Gasteiger partial charge in [0.1, 0.15) is 5.82 Å². The Kier molecular flexibility index (Phi) is 3.06. The maximum absolute atomic E-state index is 12.7. The third-order valence-corrected chi connectivity index (χ3v) is 3.46. The lowest BCUT2D eigenvalue weighted by atomic mass is 9.98. The number of benzene rings is 2. The molecule has 0 radical (unpaired) electrons. The average molecular weight is 277 g/mol. The number of ketones is 1. The van der Waals surface area contributed by atoms with Crippen LogP contribution in [0.3, 0.4) is 0 Å². The Morgan fingerprint density at radius 1 is 1.00 bits per heavy atom. The normalized spacial score (nSPS) is 10.7.